The van der Waals surface area contributed by atoms with Crippen molar-refractivity contribution in [3.8, 4) is 11.6 Å². The fourth-order valence-corrected chi connectivity index (χ4v) is 4.42. The Morgan fingerprint density at radius 3 is 2.37 bits per heavy atom. The number of hydrogen-bond donors (Lipinski definition) is 2. The van der Waals surface area contributed by atoms with Crippen LogP contribution in [0.3, 0.4) is 0 Å². The third-order valence-corrected chi connectivity index (χ3v) is 6.87. The predicted molar refractivity (Wildman–Crippen MR) is 149 cm³/mol. The lowest BCUT2D eigenvalue weighted by atomic mass is 10.0. The average molecular weight is 571 g/mol. The number of nitrogens with one attached hydrogen (secondary N) is 2. The topological polar surface area (TPSA) is 99.7 Å². The van der Waals surface area contributed by atoms with E-state index in [9.17, 15) is 22.8 Å². The van der Waals surface area contributed by atoms with E-state index >= 15 is 0 Å². The van der Waals surface area contributed by atoms with Crippen LogP contribution in [-0.4, -0.2) is 64.3 Å². The van der Waals surface area contributed by atoms with Gasteiger partial charge in [0.05, 0.1) is 5.56 Å². The minimum absolute atomic E-state index is 0.0389. The molecular weight excluding hydrogens is 537 g/mol. The maximum Gasteiger partial charge on any atom is 0.416 e. The number of hydrogen-bond acceptors (Lipinski definition) is 7. The van der Waals surface area contributed by atoms with Crippen LogP contribution in [-0.2, 0) is 17.5 Å². The van der Waals surface area contributed by atoms with Gasteiger partial charge in [0.25, 0.3) is 5.91 Å². The minimum atomic E-state index is -4.57. The van der Waals surface area contributed by atoms with E-state index in [0.29, 0.717) is 24.4 Å². The van der Waals surface area contributed by atoms with Gasteiger partial charge < -0.3 is 20.3 Å². The number of aromatic nitrogens is 2. The predicted octanol–water partition coefficient (Wildman–Crippen LogP) is 5.33. The maximum absolute atomic E-state index is 14.0. The Kier molecular flexibility index (Phi) is 9.56. The van der Waals surface area contributed by atoms with Gasteiger partial charge in [0, 0.05) is 56.5 Å². The average Bonchev–Trinajstić information content (AvgIpc) is 2.95. The van der Waals surface area contributed by atoms with E-state index in [1.54, 1.807) is 26.0 Å². The highest BCUT2D eigenvalue weighted by Crippen LogP contribution is 2.35. The molecule has 4 rings (SSSR count). The first-order valence-corrected chi connectivity index (χ1v) is 13.4. The molecule has 2 amide bonds. The zero-order valence-electron chi connectivity index (χ0n) is 23.2. The molecule has 41 heavy (non-hydrogen) atoms. The van der Waals surface area contributed by atoms with Gasteiger partial charge in [0.2, 0.25) is 11.8 Å². The van der Waals surface area contributed by atoms with E-state index < -0.39 is 17.6 Å². The molecule has 0 saturated carbocycles. The van der Waals surface area contributed by atoms with Crippen LogP contribution < -0.4 is 15.4 Å². The Bertz CT molecular complexity index is 1390. The third kappa shape index (κ3) is 8.01. The maximum atomic E-state index is 14.0. The van der Waals surface area contributed by atoms with Crippen molar-refractivity contribution in [2.45, 2.75) is 39.9 Å². The Morgan fingerprint density at radius 2 is 1.68 bits per heavy atom. The summed E-state index contributed by atoms with van der Waals surface area (Å²) in [5.41, 5.74) is 0.326. The van der Waals surface area contributed by atoms with Crippen molar-refractivity contribution in [2.24, 2.45) is 0 Å². The van der Waals surface area contributed by atoms with Crippen molar-refractivity contribution >= 4 is 23.3 Å². The number of nitrogens with zero attached hydrogens (tertiary/aromatic N) is 4. The van der Waals surface area contributed by atoms with Gasteiger partial charge in [0.15, 0.2) is 0 Å². The van der Waals surface area contributed by atoms with E-state index in [-0.39, 0.29) is 47.4 Å². The summed E-state index contributed by atoms with van der Waals surface area (Å²) in [4.78, 5) is 37.0. The summed E-state index contributed by atoms with van der Waals surface area (Å²) in [6, 6.07) is 10.0. The molecular formula is C29H33F3N6O3. The van der Waals surface area contributed by atoms with Gasteiger partial charge in [-0.1, -0.05) is 26.0 Å². The number of amides is 2. The quantitative estimate of drug-likeness (QED) is 0.359. The van der Waals surface area contributed by atoms with E-state index in [1.807, 2.05) is 4.90 Å². The highest BCUT2D eigenvalue weighted by Gasteiger charge is 2.34. The van der Waals surface area contributed by atoms with Crippen LogP contribution in [0.1, 0.15) is 47.3 Å². The molecule has 1 aliphatic heterocycles. The second-order valence-corrected chi connectivity index (χ2v) is 9.76. The van der Waals surface area contributed by atoms with Crippen molar-refractivity contribution in [1.29, 1.82) is 0 Å². The second kappa shape index (κ2) is 13.1. The summed E-state index contributed by atoms with van der Waals surface area (Å²) in [5.74, 6) is -0.0845. The number of benzene rings is 2. The molecule has 2 heterocycles. The largest absolute Gasteiger partial charge is 0.439 e. The molecule has 9 nitrogen and oxygen atoms in total. The molecule has 1 aromatic heterocycles. The summed E-state index contributed by atoms with van der Waals surface area (Å²) in [6.07, 6.45) is -3.06. The van der Waals surface area contributed by atoms with Crippen molar-refractivity contribution < 1.29 is 27.5 Å². The van der Waals surface area contributed by atoms with Gasteiger partial charge >= 0.3 is 6.18 Å². The first-order chi connectivity index (χ1) is 19.5. The van der Waals surface area contributed by atoms with Crippen LogP contribution in [0.2, 0.25) is 0 Å². The normalized spacial score (nSPS) is 14.5. The van der Waals surface area contributed by atoms with E-state index in [4.69, 9.17) is 4.74 Å². The number of carbonyl (C=O) groups is 2. The van der Waals surface area contributed by atoms with Gasteiger partial charge in [-0.05, 0) is 48.9 Å². The summed E-state index contributed by atoms with van der Waals surface area (Å²) in [6.45, 7) is 9.70. The zero-order valence-corrected chi connectivity index (χ0v) is 23.2. The van der Waals surface area contributed by atoms with Gasteiger partial charge in [-0.15, -0.1) is 0 Å². The number of carbonyl (C=O) groups excluding carboxylic acids is 2. The number of piperazine rings is 1. The standard InChI is InChI=1S/C29H33F3N6O3/c1-4-26(39)36-25-16-27(34-18-33-25)41-24-14-20(7-6-19(24)3)28(40)35-22-9-8-21(23(15-22)29(30,31)32)17-38-12-10-37(5-2)11-13-38/h6-9,14-16,18H,4-5,10-13,17H2,1-3H3,(H,35,40)(H,33,34,36,39). The number of alkyl halides is 3. The number of rotatable bonds is 9. The molecule has 12 heteroatoms. The Hall–Kier alpha value is -4.03. The van der Waals surface area contributed by atoms with Crippen LogP contribution in [0.5, 0.6) is 11.6 Å². The van der Waals surface area contributed by atoms with E-state index in [2.05, 4.69) is 32.4 Å². The molecule has 3 aromatic rings. The van der Waals surface area contributed by atoms with Crippen molar-refractivity contribution in [1.82, 2.24) is 19.8 Å². The molecule has 0 bridgehead atoms. The third-order valence-electron chi connectivity index (χ3n) is 6.87. The van der Waals surface area contributed by atoms with E-state index in [0.717, 1.165) is 25.7 Å². The molecule has 0 aliphatic carbocycles. The lowest BCUT2D eigenvalue weighted by Gasteiger charge is -2.34. The SMILES string of the molecule is CCC(=O)Nc1cc(Oc2cc(C(=O)Nc3ccc(CN4CCN(CC)CC4)c(C(F)(F)F)c3)ccc2C)ncn1. The number of ether oxygens (including phenoxy) is 1. The fourth-order valence-electron chi connectivity index (χ4n) is 4.42. The van der Waals surface area contributed by atoms with Gasteiger partial charge in [-0.25, -0.2) is 9.97 Å². The molecule has 1 fully saturated rings. The van der Waals surface area contributed by atoms with Crippen molar-refractivity contribution in [2.75, 3.05) is 43.4 Å². The number of anilines is 2. The lowest BCUT2D eigenvalue weighted by Crippen LogP contribution is -2.45. The molecule has 218 valence electrons. The summed E-state index contributed by atoms with van der Waals surface area (Å²) < 4.78 is 47.8. The number of halogens is 3. The number of aryl methyl sites for hydroxylation is 1. The first kappa shape index (κ1) is 29.9. The summed E-state index contributed by atoms with van der Waals surface area (Å²) in [7, 11) is 0. The molecule has 2 N–H and O–H groups in total. The Morgan fingerprint density at radius 1 is 0.951 bits per heavy atom. The van der Waals surface area contributed by atoms with Crippen molar-refractivity contribution in [3.63, 3.8) is 0 Å². The molecule has 0 spiro atoms. The molecule has 2 aromatic carbocycles. The zero-order chi connectivity index (χ0) is 29.6. The molecule has 0 atom stereocenters. The fraction of sp³-hybridized carbons (Fsp3) is 0.379. The van der Waals surface area contributed by atoms with Gasteiger partial charge in [0.1, 0.15) is 17.9 Å². The number of likely N-dealkylation sites (N-methyl/N-ethyl adjacent to an activating group) is 1. The van der Waals surface area contributed by atoms with Gasteiger partial charge in [-0.3, -0.25) is 14.5 Å². The molecule has 1 saturated heterocycles. The Labute approximate surface area is 236 Å². The highest BCUT2D eigenvalue weighted by atomic mass is 19.4. The second-order valence-electron chi connectivity index (χ2n) is 9.76. The molecule has 1 aliphatic rings. The Balaban J connectivity index is 1.48. The van der Waals surface area contributed by atoms with Crippen LogP contribution in [0.25, 0.3) is 0 Å². The van der Waals surface area contributed by atoms with Crippen LogP contribution in [0.15, 0.2) is 48.8 Å². The summed E-state index contributed by atoms with van der Waals surface area (Å²) >= 11 is 0. The highest BCUT2D eigenvalue weighted by molar-refractivity contribution is 6.04. The molecule has 0 unspecified atom stereocenters. The summed E-state index contributed by atoms with van der Waals surface area (Å²) in [5, 5.41) is 5.19. The van der Waals surface area contributed by atoms with Crippen LogP contribution in [0, 0.1) is 6.92 Å². The monoisotopic (exact) mass is 570 g/mol. The van der Waals surface area contributed by atoms with Crippen LogP contribution >= 0.6 is 0 Å². The lowest BCUT2D eigenvalue weighted by molar-refractivity contribution is -0.138. The van der Waals surface area contributed by atoms with Gasteiger partial charge in [-0.2, -0.15) is 13.2 Å². The van der Waals surface area contributed by atoms with Crippen molar-refractivity contribution in [3.05, 3.63) is 71.0 Å². The minimum Gasteiger partial charge on any atom is -0.439 e. The van der Waals surface area contributed by atoms with E-state index in [1.165, 1.54) is 30.6 Å². The first-order valence-electron chi connectivity index (χ1n) is 13.4. The molecule has 0 radical (unpaired) electrons. The smallest absolute Gasteiger partial charge is 0.416 e. The van der Waals surface area contributed by atoms with Crippen LogP contribution in [0.4, 0.5) is 24.7 Å².